The minimum absolute atomic E-state index is 0.0490. The van der Waals surface area contributed by atoms with Crippen molar-refractivity contribution in [3.63, 3.8) is 0 Å². The van der Waals surface area contributed by atoms with Crippen molar-refractivity contribution in [1.29, 1.82) is 0 Å². The number of anilines is 1. The van der Waals surface area contributed by atoms with Gasteiger partial charge in [0.1, 0.15) is 0 Å². The third-order valence-corrected chi connectivity index (χ3v) is 4.10. The molecule has 0 aliphatic carbocycles. The summed E-state index contributed by atoms with van der Waals surface area (Å²) in [6.45, 7) is 4.97. The molecule has 2 rings (SSSR count). The Hall–Kier alpha value is -2.02. The van der Waals surface area contributed by atoms with Gasteiger partial charge in [-0.2, -0.15) is 18.3 Å². The highest BCUT2D eigenvalue weighted by Gasteiger charge is 2.34. The zero-order valence-electron chi connectivity index (χ0n) is 13.4. The van der Waals surface area contributed by atoms with Gasteiger partial charge in [0.15, 0.2) is 5.69 Å². The van der Waals surface area contributed by atoms with E-state index < -0.39 is 17.8 Å². The number of nitrogens with zero attached hydrogens (tertiary/aromatic N) is 2. The zero-order chi connectivity index (χ0) is 18.1. The Morgan fingerprint density at radius 3 is 2.62 bits per heavy atom. The van der Waals surface area contributed by atoms with Crippen molar-refractivity contribution in [1.82, 2.24) is 9.78 Å². The SMILES string of the molecule is Cc1c(Cl)cccc1NC(=O)C(C)Cn1nc(C(F)(F)F)cc1C. The van der Waals surface area contributed by atoms with Crippen LogP contribution in [0.5, 0.6) is 0 Å². The monoisotopic (exact) mass is 359 g/mol. The first-order valence-corrected chi connectivity index (χ1v) is 7.65. The third-order valence-electron chi connectivity index (χ3n) is 3.69. The molecule has 0 saturated carbocycles. The molecular formula is C16H17ClF3N3O. The number of nitrogens with one attached hydrogen (secondary N) is 1. The number of amides is 1. The summed E-state index contributed by atoms with van der Waals surface area (Å²) in [5.74, 6) is -0.883. The summed E-state index contributed by atoms with van der Waals surface area (Å²) >= 11 is 6.00. The molecule has 1 unspecified atom stereocenters. The summed E-state index contributed by atoms with van der Waals surface area (Å²) in [7, 11) is 0. The summed E-state index contributed by atoms with van der Waals surface area (Å²) in [5.41, 5.74) is 0.695. The number of rotatable bonds is 4. The van der Waals surface area contributed by atoms with Crippen molar-refractivity contribution in [3.8, 4) is 0 Å². The van der Waals surface area contributed by atoms with Crippen LogP contribution in [0.3, 0.4) is 0 Å². The lowest BCUT2D eigenvalue weighted by atomic mass is 10.1. The average Bonchev–Trinajstić information content (AvgIpc) is 2.85. The summed E-state index contributed by atoms with van der Waals surface area (Å²) < 4.78 is 39.2. The van der Waals surface area contributed by atoms with Crippen LogP contribution in [0.15, 0.2) is 24.3 Å². The molecule has 24 heavy (non-hydrogen) atoms. The van der Waals surface area contributed by atoms with E-state index in [0.717, 1.165) is 11.6 Å². The lowest BCUT2D eigenvalue weighted by molar-refractivity contribution is -0.141. The molecule has 1 heterocycles. The molecule has 0 aliphatic rings. The number of hydrogen-bond acceptors (Lipinski definition) is 2. The van der Waals surface area contributed by atoms with Crippen LogP contribution in [0.25, 0.3) is 0 Å². The van der Waals surface area contributed by atoms with Crippen LogP contribution < -0.4 is 5.32 Å². The Morgan fingerprint density at radius 1 is 1.38 bits per heavy atom. The van der Waals surface area contributed by atoms with Crippen LogP contribution in [0, 0.1) is 19.8 Å². The van der Waals surface area contributed by atoms with Crippen molar-refractivity contribution in [3.05, 3.63) is 46.2 Å². The van der Waals surface area contributed by atoms with Gasteiger partial charge in [0.2, 0.25) is 5.91 Å². The molecule has 0 bridgehead atoms. The van der Waals surface area contributed by atoms with Crippen molar-refractivity contribution in [2.45, 2.75) is 33.5 Å². The van der Waals surface area contributed by atoms with E-state index in [9.17, 15) is 18.0 Å². The van der Waals surface area contributed by atoms with E-state index in [2.05, 4.69) is 10.4 Å². The van der Waals surface area contributed by atoms with Crippen molar-refractivity contribution in [2.24, 2.45) is 5.92 Å². The number of halogens is 4. The lowest BCUT2D eigenvalue weighted by Crippen LogP contribution is -2.25. The first kappa shape index (κ1) is 18.3. The van der Waals surface area contributed by atoms with Crippen LogP contribution in [-0.4, -0.2) is 15.7 Å². The maximum atomic E-state index is 12.7. The molecule has 4 nitrogen and oxygen atoms in total. The van der Waals surface area contributed by atoms with Gasteiger partial charge < -0.3 is 5.32 Å². The fourth-order valence-corrected chi connectivity index (χ4v) is 2.35. The average molecular weight is 360 g/mol. The highest BCUT2D eigenvalue weighted by Crippen LogP contribution is 2.29. The highest BCUT2D eigenvalue weighted by molar-refractivity contribution is 6.31. The molecule has 0 spiro atoms. The molecule has 0 fully saturated rings. The Labute approximate surface area is 142 Å². The van der Waals surface area contributed by atoms with E-state index in [-0.39, 0.29) is 12.5 Å². The Bertz CT molecular complexity index is 756. The molecule has 0 aliphatic heterocycles. The molecule has 8 heteroatoms. The molecule has 1 N–H and O–H groups in total. The van der Waals surface area contributed by atoms with Crippen LogP contribution in [-0.2, 0) is 17.5 Å². The predicted octanol–water partition coefficient (Wildman–Crippen LogP) is 4.45. The summed E-state index contributed by atoms with van der Waals surface area (Å²) in [5, 5.41) is 6.80. The van der Waals surface area contributed by atoms with Crippen LogP contribution >= 0.6 is 11.6 Å². The molecule has 0 radical (unpaired) electrons. The smallest absolute Gasteiger partial charge is 0.326 e. The van der Waals surface area contributed by atoms with Gasteiger partial charge in [-0.05, 0) is 37.6 Å². The second-order valence-electron chi connectivity index (χ2n) is 5.65. The number of alkyl halides is 3. The van der Waals surface area contributed by atoms with Gasteiger partial charge in [-0.25, -0.2) is 0 Å². The number of hydrogen-bond donors (Lipinski definition) is 1. The standard InChI is InChI=1S/C16H17ClF3N3O/c1-9(8-23-10(2)7-14(22-23)16(18,19)20)15(24)21-13-6-4-5-12(17)11(13)3/h4-7,9H,8H2,1-3H3,(H,21,24). The summed E-state index contributed by atoms with van der Waals surface area (Å²) in [6.07, 6.45) is -4.50. The second kappa shape index (κ2) is 6.84. The quantitative estimate of drug-likeness (QED) is 0.876. The molecule has 130 valence electrons. The Morgan fingerprint density at radius 2 is 2.04 bits per heavy atom. The van der Waals surface area contributed by atoms with Crippen LogP contribution in [0.1, 0.15) is 23.9 Å². The number of carbonyl (C=O) groups excluding carboxylic acids is 1. The van der Waals surface area contributed by atoms with Gasteiger partial charge in [-0.3, -0.25) is 9.48 Å². The molecular weight excluding hydrogens is 343 g/mol. The van der Waals surface area contributed by atoms with E-state index in [1.807, 2.05) is 0 Å². The highest BCUT2D eigenvalue weighted by atomic mass is 35.5. The van der Waals surface area contributed by atoms with Gasteiger partial charge >= 0.3 is 6.18 Å². The van der Waals surface area contributed by atoms with Crippen LogP contribution in [0.4, 0.5) is 18.9 Å². The number of aromatic nitrogens is 2. The van der Waals surface area contributed by atoms with Crippen molar-refractivity contribution >= 4 is 23.2 Å². The van der Waals surface area contributed by atoms with E-state index >= 15 is 0 Å². The summed E-state index contributed by atoms with van der Waals surface area (Å²) in [4.78, 5) is 12.3. The molecule has 1 aromatic heterocycles. The maximum Gasteiger partial charge on any atom is 0.435 e. The maximum absolute atomic E-state index is 12.7. The zero-order valence-corrected chi connectivity index (χ0v) is 14.2. The first-order chi connectivity index (χ1) is 11.1. The molecule has 1 aromatic carbocycles. The Balaban J connectivity index is 2.09. The molecule has 1 atom stereocenters. The lowest BCUT2D eigenvalue weighted by Gasteiger charge is -2.15. The van der Waals surface area contributed by atoms with Gasteiger partial charge in [0.25, 0.3) is 0 Å². The normalized spacial score (nSPS) is 13.0. The van der Waals surface area contributed by atoms with E-state index in [1.54, 1.807) is 32.0 Å². The minimum atomic E-state index is -4.50. The number of aryl methyl sites for hydroxylation is 1. The van der Waals surface area contributed by atoms with Gasteiger partial charge in [0, 0.05) is 16.4 Å². The molecule has 1 amide bonds. The minimum Gasteiger partial charge on any atom is -0.326 e. The summed E-state index contributed by atoms with van der Waals surface area (Å²) in [6, 6.07) is 6.10. The second-order valence-corrected chi connectivity index (χ2v) is 6.06. The topological polar surface area (TPSA) is 46.9 Å². The molecule has 2 aromatic rings. The fourth-order valence-electron chi connectivity index (χ4n) is 2.17. The van der Waals surface area contributed by atoms with Crippen molar-refractivity contribution < 1.29 is 18.0 Å². The largest absolute Gasteiger partial charge is 0.435 e. The predicted molar refractivity (Wildman–Crippen MR) is 85.9 cm³/mol. The van der Waals surface area contributed by atoms with Crippen molar-refractivity contribution in [2.75, 3.05) is 5.32 Å². The first-order valence-electron chi connectivity index (χ1n) is 7.27. The van der Waals surface area contributed by atoms with Crippen LogP contribution in [0.2, 0.25) is 5.02 Å². The Kier molecular flexibility index (Phi) is 5.22. The third kappa shape index (κ3) is 4.08. The molecule has 0 saturated heterocycles. The van der Waals surface area contributed by atoms with Gasteiger partial charge in [-0.1, -0.05) is 24.6 Å². The fraction of sp³-hybridized carbons (Fsp3) is 0.375. The number of benzene rings is 1. The van der Waals surface area contributed by atoms with Gasteiger partial charge in [-0.15, -0.1) is 0 Å². The van der Waals surface area contributed by atoms with E-state index in [1.165, 1.54) is 11.6 Å². The number of carbonyl (C=O) groups is 1. The van der Waals surface area contributed by atoms with Gasteiger partial charge in [0.05, 0.1) is 12.5 Å². The van der Waals surface area contributed by atoms with E-state index in [4.69, 9.17) is 11.6 Å². The van der Waals surface area contributed by atoms with E-state index in [0.29, 0.717) is 16.4 Å².